The van der Waals surface area contributed by atoms with E-state index in [1.165, 1.54) is 27.9 Å². The van der Waals surface area contributed by atoms with Gasteiger partial charge in [0.2, 0.25) is 0 Å². The van der Waals surface area contributed by atoms with Crippen LogP contribution in [0.5, 0.6) is 0 Å². The topological polar surface area (TPSA) is 43.9 Å². The summed E-state index contributed by atoms with van der Waals surface area (Å²) in [5.74, 6) is 0.132. The molecule has 0 bridgehead atoms. The number of para-hydroxylation sites is 3. The molecule has 3 heterocycles. The predicted octanol–water partition coefficient (Wildman–Crippen LogP) is 11.8. The number of rotatable bonds is 5. The van der Waals surface area contributed by atoms with Crippen molar-refractivity contribution in [1.29, 1.82) is 0 Å². The summed E-state index contributed by atoms with van der Waals surface area (Å²) in [6.45, 7) is 14.9. The molecular formula is C46H45IrN3OSi-2. The molecule has 0 atom stereocenters. The van der Waals surface area contributed by atoms with Gasteiger partial charge in [-0.05, 0) is 66.9 Å². The van der Waals surface area contributed by atoms with Gasteiger partial charge in [-0.2, -0.15) is 0 Å². The van der Waals surface area contributed by atoms with E-state index in [1.807, 2.05) is 56.4 Å². The van der Waals surface area contributed by atoms with Crippen LogP contribution in [0, 0.1) is 39.8 Å². The summed E-state index contributed by atoms with van der Waals surface area (Å²) in [4.78, 5) is 9.62. The molecule has 0 aliphatic heterocycles. The Hall–Kier alpha value is -4.61. The average molecular weight is 880 g/mol. The number of nitrogens with zero attached hydrogens (tertiary/aromatic N) is 3. The van der Waals surface area contributed by atoms with E-state index >= 15 is 0 Å². The molecule has 0 unspecified atom stereocenters. The normalized spacial score (nSPS) is 13.2. The van der Waals surface area contributed by atoms with Crippen molar-refractivity contribution < 1.29 is 30.0 Å². The summed E-state index contributed by atoms with van der Waals surface area (Å²) in [6.07, 6.45) is 1.89. The van der Waals surface area contributed by atoms with Crippen LogP contribution >= 0.6 is 0 Å². The van der Waals surface area contributed by atoms with Crippen molar-refractivity contribution in [2.24, 2.45) is 0 Å². The fourth-order valence-electron chi connectivity index (χ4n) is 7.00. The van der Waals surface area contributed by atoms with Crippen LogP contribution in [0.2, 0.25) is 19.6 Å². The Labute approximate surface area is 327 Å². The number of fused-ring (bicyclic) bond motifs is 4. The zero-order valence-corrected chi connectivity index (χ0v) is 34.3. The second kappa shape index (κ2) is 14.8. The molecule has 0 fully saturated rings. The van der Waals surface area contributed by atoms with E-state index in [1.54, 1.807) is 12.1 Å². The van der Waals surface area contributed by atoms with Crippen LogP contribution in [0.4, 0.5) is 0 Å². The maximum absolute atomic E-state index is 8.48. The number of benzene rings is 5. The Bertz CT molecular complexity index is 2680. The Morgan fingerprint density at radius 1 is 0.846 bits per heavy atom. The smallest absolute Gasteiger partial charge is 0.120 e. The molecule has 0 N–H and O–H groups in total. The minimum absolute atomic E-state index is 0. The zero-order chi connectivity index (χ0) is 39.4. The molecular weight excluding hydrogens is 831 g/mol. The van der Waals surface area contributed by atoms with Crippen LogP contribution in [0.1, 0.15) is 53.0 Å². The number of hydrogen-bond acceptors (Lipinski definition) is 3. The summed E-state index contributed by atoms with van der Waals surface area (Å²) < 4.78 is 39.4. The van der Waals surface area contributed by atoms with Gasteiger partial charge in [0.15, 0.2) is 0 Å². The van der Waals surface area contributed by atoms with Crippen molar-refractivity contribution in [1.82, 2.24) is 14.5 Å². The van der Waals surface area contributed by atoms with Crippen molar-refractivity contribution in [3.8, 4) is 28.3 Å². The molecule has 0 saturated carbocycles. The first-order valence-electron chi connectivity index (χ1n) is 19.3. The predicted molar refractivity (Wildman–Crippen MR) is 217 cm³/mol. The Morgan fingerprint density at radius 2 is 1.58 bits per heavy atom. The van der Waals surface area contributed by atoms with Gasteiger partial charge >= 0.3 is 0 Å². The molecule has 8 rings (SSSR count). The SMILES string of the molecule is Cc1cc(C)c(-n2c(-c3[c-]ccc4c3oc3ccccc34)nc3ccccc32)c(C)c1.[2H]C([2H])([2H])c1c[c-]c(-c2cc(C([2H])(C)C)c([Si](C)(C)C)cn2)cc1.[Ir]. The van der Waals surface area contributed by atoms with Crippen molar-refractivity contribution in [3.63, 3.8) is 0 Å². The number of aryl methyl sites for hydroxylation is 4. The summed E-state index contributed by atoms with van der Waals surface area (Å²) in [5, 5.41) is 3.38. The summed E-state index contributed by atoms with van der Waals surface area (Å²) in [5.41, 5.74) is 12.2. The van der Waals surface area contributed by atoms with Crippen molar-refractivity contribution >= 4 is 46.2 Å². The van der Waals surface area contributed by atoms with Crippen molar-refractivity contribution in [3.05, 3.63) is 143 Å². The fraction of sp³-hybridized carbons (Fsp3) is 0.217. The minimum Gasteiger partial charge on any atom is -0.501 e. The van der Waals surface area contributed by atoms with E-state index in [4.69, 9.17) is 14.9 Å². The van der Waals surface area contributed by atoms with E-state index in [2.05, 4.69) is 105 Å². The molecule has 1 radical (unpaired) electrons. The maximum atomic E-state index is 8.48. The molecule has 8 aromatic rings. The van der Waals surface area contributed by atoms with Gasteiger partial charge in [0.1, 0.15) is 5.58 Å². The van der Waals surface area contributed by atoms with Crippen LogP contribution < -0.4 is 5.19 Å². The molecule has 0 saturated heterocycles. The first-order chi connectivity index (χ1) is 25.9. The number of hydrogen-bond donors (Lipinski definition) is 0. The third kappa shape index (κ3) is 7.08. The van der Waals surface area contributed by atoms with Gasteiger partial charge in [-0.25, -0.2) is 0 Å². The third-order valence-electron chi connectivity index (χ3n) is 9.32. The summed E-state index contributed by atoms with van der Waals surface area (Å²) >= 11 is 0. The Morgan fingerprint density at radius 3 is 2.27 bits per heavy atom. The van der Waals surface area contributed by atoms with Gasteiger partial charge in [0.05, 0.1) is 30.5 Å². The van der Waals surface area contributed by atoms with Crippen molar-refractivity contribution in [2.45, 2.75) is 67.0 Å². The molecule has 0 aliphatic rings. The number of aromatic nitrogens is 3. The molecule has 5 aromatic carbocycles. The van der Waals surface area contributed by atoms with Crippen molar-refractivity contribution in [2.75, 3.05) is 0 Å². The van der Waals surface area contributed by atoms with Crippen LogP contribution in [0.15, 0.2) is 108 Å². The summed E-state index contributed by atoms with van der Waals surface area (Å²) in [6, 6.07) is 38.2. The standard InChI is InChI=1S/C28H21N2O.C18H24NSi.Ir/c1-17-15-18(2)26(19(3)16-17)30-24-13-6-5-12-23(24)29-28(30)22-11-8-10-21-20-9-4-7-14-25(20)31-27(21)22;1-13(2)16-11-17(15-9-7-14(3)8-10-15)19-12-18(16)20(4,5)6;/h4-10,12-16H,1-3H3;7-9,11-13H,1-6H3;/q2*-1;/i;3D3,13D;. The van der Waals surface area contributed by atoms with Gasteiger partial charge in [-0.15, -0.1) is 53.6 Å². The number of imidazole rings is 1. The number of pyridine rings is 1. The average Bonchev–Trinajstić information content (AvgIpc) is 3.69. The second-order valence-corrected chi connectivity index (χ2v) is 19.6. The fourth-order valence-corrected chi connectivity index (χ4v) is 8.58. The first-order valence-corrected chi connectivity index (χ1v) is 20.8. The number of furan rings is 1. The third-order valence-corrected chi connectivity index (χ3v) is 11.3. The monoisotopic (exact) mass is 880 g/mol. The van der Waals surface area contributed by atoms with E-state index in [-0.39, 0.29) is 25.7 Å². The van der Waals surface area contributed by atoms with Gasteiger partial charge in [0.25, 0.3) is 0 Å². The molecule has 52 heavy (non-hydrogen) atoms. The second-order valence-electron chi connectivity index (χ2n) is 14.6. The van der Waals surface area contributed by atoms with Crippen LogP contribution in [0.3, 0.4) is 0 Å². The quantitative estimate of drug-likeness (QED) is 0.128. The molecule has 0 aliphatic carbocycles. The van der Waals surface area contributed by atoms with Gasteiger partial charge in [0, 0.05) is 42.9 Å². The Balaban J connectivity index is 0.000000194. The zero-order valence-electron chi connectivity index (χ0n) is 34.9. The minimum atomic E-state index is -2.13. The van der Waals surface area contributed by atoms with Crippen LogP contribution in [-0.2, 0) is 20.1 Å². The Kier molecular flexibility index (Phi) is 9.12. The van der Waals surface area contributed by atoms with Crippen LogP contribution in [-0.4, -0.2) is 22.6 Å². The van der Waals surface area contributed by atoms with Crippen LogP contribution in [0.25, 0.3) is 61.3 Å². The first kappa shape index (κ1) is 32.1. The molecule has 0 amide bonds. The van der Waals surface area contributed by atoms with Gasteiger partial charge in [-0.3, -0.25) is 4.98 Å². The largest absolute Gasteiger partial charge is 0.501 e. The molecule has 0 spiro atoms. The van der Waals surface area contributed by atoms with E-state index < -0.39 is 20.8 Å². The van der Waals surface area contributed by atoms with E-state index in [0.29, 0.717) is 0 Å². The van der Waals surface area contributed by atoms with E-state index in [9.17, 15) is 0 Å². The molecule has 6 heteroatoms. The van der Waals surface area contributed by atoms with Gasteiger partial charge < -0.3 is 14.0 Å². The van der Waals surface area contributed by atoms with E-state index in [0.717, 1.165) is 66.9 Å². The summed E-state index contributed by atoms with van der Waals surface area (Å²) in [7, 11) is -1.61. The molecule has 265 valence electrons. The van der Waals surface area contributed by atoms with Gasteiger partial charge in [-0.1, -0.05) is 111 Å². The molecule has 3 aromatic heterocycles. The molecule has 4 nitrogen and oxygen atoms in total. The maximum Gasteiger partial charge on any atom is 0.120 e.